The van der Waals surface area contributed by atoms with Crippen LogP contribution in [-0.2, 0) is 4.79 Å². The van der Waals surface area contributed by atoms with E-state index in [0.717, 1.165) is 0 Å². The Bertz CT molecular complexity index is 301. The second kappa shape index (κ2) is 9.66. The number of carbonyl (C=O) groups excluding carboxylic acids is 1. The number of benzene rings is 1. The van der Waals surface area contributed by atoms with Crippen molar-refractivity contribution < 1.29 is 15.0 Å². The van der Waals surface area contributed by atoms with Crippen molar-refractivity contribution in [2.24, 2.45) is 0 Å². The van der Waals surface area contributed by atoms with Crippen LogP contribution in [0.1, 0.15) is 19.8 Å². The second-order valence-corrected chi connectivity index (χ2v) is 3.58. The van der Waals surface area contributed by atoms with E-state index in [1.165, 1.54) is 0 Å². The monoisotopic (exact) mass is 239 g/mol. The highest BCUT2D eigenvalue weighted by atomic mass is 16.3. The molecule has 1 aromatic rings. The summed E-state index contributed by atoms with van der Waals surface area (Å²) < 4.78 is 0. The van der Waals surface area contributed by atoms with Crippen LogP contribution in [0.2, 0.25) is 0 Å². The molecule has 4 heteroatoms. The van der Waals surface area contributed by atoms with Gasteiger partial charge in [-0.2, -0.15) is 0 Å². The number of aromatic hydroxyl groups is 1. The standard InChI is InChI=1S/C7H15NO2.C6H6O/c1-3-7(10)8(2)5-4-6-9;7-6-4-2-1-3-5-6/h9H,3-6H2,1-2H3;1-5,7H. The molecule has 0 aliphatic rings. The highest BCUT2D eigenvalue weighted by Gasteiger charge is 2.03. The summed E-state index contributed by atoms with van der Waals surface area (Å²) in [6.07, 6.45) is 1.21. The van der Waals surface area contributed by atoms with Crippen LogP contribution in [0.4, 0.5) is 0 Å². The lowest BCUT2D eigenvalue weighted by atomic mass is 10.3. The Morgan fingerprint density at radius 3 is 2.24 bits per heavy atom. The average molecular weight is 239 g/mol. The van der Waals surface area contributed by atoms with Crippen molar-refractivity contribution in [1.29, 1.82) is 0 Å². The Kier molecular flexibility index (Phi) is 8.78. The minimum atomic E-state index is 0.133. The van der Waals surface area contributed by atoms with Crippen molar-refractivity contribution in [1.82, 2.24) is 4.90 Å². The third-order valence-electron chi connectivity index (χ3n) is 2.14. The Morgan fingerprint density at radius 2 is 1.88 bits per heavy atom. The van der Waals surface area contributed by atoms with E-state index in [0.29, 0.717) is 25.1 Å². The molecule has 0 aromatic heterocycles. The first-order chi connectivity index (χ1) is 8.11. The van der Waals surface area contributed by atoms with Crippen LogP contribution in [0, 0.1) is 0 Å². The van der Waals surface area contributed by atoms with E-state index in [4.69, 9.17) is 10.2 Å². The zero-order valence-corrected chi connectivity index (χ0v) is 10.5. The molecule has 0 aliphatic carbocycles. The summed E-state index contributed by atoms with van der Waals surface area (Å²) in [6.45, 7) is 2.64. The van der Waals surface area contributed by atoms with Gasteiger partial charge in [0.05, 0.1) is 0 Å². The molecule has 1 rings (SSSR count). The number of phenolic OH excluding ortho intramolecular Hbond substituents is 1. The topological polar surface area (TPSA) is 60.8 Å². The van der Waals surface area contributed by atoms with Crippen LogP contribution >= 0.6 is 0 Å². The van der Waals surface area contributed by atoms with Crippen molar-refractivity contribution in [2.45, 2.75) is 19.8 Å². The molecule has 0 unspecified atom stereocenters. The van der Waals surface area contributed by atoms with E-state index < -0.39 is 0 Å². The molecule has 2 N–H and O–H groups in total. The minimum absolute atomic E-state index is 0.133. The first kappa shape index (κ1) is 15.4. The summed E-state index contributed by atoms with van der Waals surface area (Å²) in [6, 6.07) is 8.71. The number of hydrogen-bond acceptors (Lipinski definition) is 3. The first-order valence-electron chi connectivity index (χ1n) is 5.70. The molecule has 96 valence electrons. The highest BCUT2D eigenvalue weighted by molar-refractivity contribution is 5.75. The molecule has 0 aliphatic heterocycles. The molecular formula is C13H21NO3. The van der Waals surface area contributed by atoms with E-state index in [1.807, 2.05) is 13.0 Å². The van der Waals surface area contributed by atoms with E-state index in [1.54, 1.807) is 36.2 Å². The molecule has 0 saturated carbocycles. The normalized spacial score (nSPS) is 9.12. The number of rotatable bonds is 4. The van der Waals surface area contributed by atoms with Gasteiger partial charge >= 0.3 is 0 Å². The van der Waals surface area contributed by atoms with Crippen molar-refractivity contribution >= 4 is 5.91 Å². The zero-order valence-electron chi connectivity index (χ0n) is 10.5. The van der Waals surface area contributed by atoms with Crippen LogP contribution in [-0.4, -0.2) is 41.2 Å². The summed E-state index contributed by atoms with van der Waals surface area (Å²) in [4.78, 5) is 12.5. The Hall–Kier alpha value is -1.55. The number of aliphatic hydroxyl groups is 1. The zero-order chi connectivity index (χ0) is 13.1. The molecule has 17 heavy (non-hydrogen) atoms. The number of para-hydroxylation sites is 1. The van der Waals surface area contributed by atoms with Crippen LogP contribution in [0.3, 0.4) is 0 Å². The van der Waals surface area contributed by atoms with Gasteiger partial charge in [0.1, 0.15) is 5.75 Å². The van der Waals surface area contributed by atoms with Crippen molar-refractivity contribution in [2.75, 3.05) is 20.2 Å². The van der Waals surface area contributed by atoms with E-state index in [9.17, 15) is 4.79 Å². The molecule has 4 nitrogen and oxygen atoms in total. The summed E-state index contributed by atoms with van der Waals surface area (Å²) in [5.41, 5.74) is 0. The number of amides is 1. The fourth-order valence-electron chi connectivity index (χ4n) is 1.13. The fourth-order valence-corrected chi connectivity index (χ4v) is 1.13. The molecule has 0 bridgehead atoms. The lowest BCUT2D eigenvalue weighted by Gasteiger charge is -2.14. The number of nitrogens with zero attached hydrogens (tertiary/aromatic N) is 1. The molecular weight excluding hydrogens is 218 g/mol. The molecule has 0 radical (unpaired) electrons. The molecule has 0 heterocycles. The quantitative estimate of drug-likeness (QED) is 0.839. The van der Waals surface area contributed by atoms with Gasteiger partial charge in [-0.05, 0) is 18.6 Å². The minimum Gasteiger partial charge on any atom is -0.508 e. The maximum atomic E-state index is 10.9. The molecule has 0 spiro atoms. The van der Waals surface area contributed by atoms with E-state index in [2.05, 4.69) is 0 Å². The molecule has 1 aromatic carbocycles. The van der Waals surface area contributed by atoms with Gasteiger partial charge in [-0.25, -0.2) is 0 Å². The number of hydrogen-bond donors (Lipinski definition) is 2. The van der Waals surface area contributed by atoms with Gasteiger partial charge in [0.25, 0.3) is 0 Å². The lowest BCUT2D eigenvalue weighted by molar-refractivity contribution is -0.129. The van der Waals surface area contributed by atoms with Crippen LogP contribution in [0.25, 0.3) is 0 Å². The van der Waals surface area contributed by atoms with Gasteiger partial charge in [0.15, 0.2) is 0 Å². The summed E-state index contributed by atoms with van der Waals surface area (Å²) in [5.74, 6) is 0.455. The predicted molar refractivity (Wildman–Crippen MR) is 67.7 cm³/mol. The highest BCUT2D eigenvalue weighted by Crippen LogP contribution is 2.02. The van der Waals surface area contributed by atoms with E-state index in [-0.39, 0.29) is 12.5 Å². The molecule has 0 fully saturated rings. The lowest BCUT2D eigenvalue weighted by Crippen LogP contribution is -2.27. The Morgan fingerprint density at radius 1 is 1.29 bits per heavy atom. The van der Waals surface area contributed by atoms with Crippen molar-refractivity contribution in [3.63, 3.8) is 0 Å². The summed E-state index contributed by atoms with van der Waals surface area (Å²) in [5, 5.41) is 17.1. The largest absolute Gasteiger partial charge is 0.508 e. The average Bonchev–Trinajstić information content (AvgIpc) is 2.36. The van der Waals surface area contributed by atoms with Gasteiger partial charge in [-0.3, -0.25) is 4.79 Å². The van der Waals surface area contributed by atoms with Gasteiger partial charge in [-0.1, -0.05) is 25.1 Å². The van der Waals surface area contributed by atoms with Gasteiger partial charge in [-0.15, -0.1) is 0 Å². The second-order valence-electron chi connectivity index (χ2n) is 3.58. The van der Waals surface area contributed by atoms with Crippen molar-refractivity contribution in [3.8, 4) is 5.75 Å². The van der Waals surface area contributed by atoms with Crippen LogP contribution < -0.4 is 0 Å². The van der Waals surface area contributed by atoms with Gasteiger partial charge in [0.2, 0.25) is 5.91 Å². The maximum absolute atomic E-state index is 10.9. The summed E-state index contributed by atoms with van der Waals surface area (Å²) in [7, 11) is 1.75. The van der Waals surface area contributed by atoms with E-state index >= 15 is 0 Å². The fraction of sp³-hybridized carbons (Fsp3) is 0.462. The predicted octanol–water partition coefficient (Wildman–Crippen LogP) is 1.63. The Labute approximate surface area is 103 Å². The smallest absolute Gasteiger partial charge is 0.222 e. The molecule has 0 atom stereocenters. The maximum Gasteiger partial charge on any atom is 0.222 e. The summed E-state index contributed by atoms with van der Waals surface area (Å²) >= 11 is 0. The number of phenols is 1. The SMILES string of the molecule is CCC(=O)N(C)CCCO.Oc1ccccc1. The van der Waals surface area contributed by atoms with Crippen LogP contribution in [0.5, 0.6) is 5.75 Å². The molecule has 1 amide bonds. The first-order valence-corrected chi connectivity index (χ1v) is 5.70. The van der Waals surface area contributed by atoms with Gasteiger partial charge in [0, 0.05) is 26.6 Å². The van der Waals surface area contributed by atoms with Crippen LogP contribution in [0.15, 0.2) is 30.3 Å². The third-order valence-corrected chi connectivity index (χ3v) is 2.14. The van der Waals surface area contributed by atoms with Gasteiger partial charge < -0.3 is 15.1 Å². The number of carbonyl (C=O) groups is 1. The van der Waals surface area contributed by atoms with Crippen molar-refractivity contribution in [3.05, 3.63) is 30.3 Å². The Balaban J connectivity index is 0.000000318. The third kappa shape index (κ3) is 8.28. The number of aliphatic hydroxyl groups excluding tert-OH is 1. The molecule has 0 saturated heterocycles.